The third-order valence-corrected chi connectivity index (χ3v) is 4.35. The van der Waals surface area contributed by atoms with E-state index in [-0.39, 0.29) is 23.5 Å². The Hall–Kier alpha value is -2.57. The molecule has 6 heteroatoms. The molecule has 1 atom stereocenters. The maximum absolute atomic E-state index is 11.3. The van der Waals surface area contributed by atoms with Crippen LogP contribution in [0.15, 0.2) is 24.3 Å². The second-order valence-electron chi connectivity index (χ2n) is 6.53. The van der Waals surface area contributed by atoms with E-state index in [0.29, 0.717) is 33.7 Å². The fourth-order valence-electron chi connectivity index (χ4n) is 2.86. The lowest BCUT2D eigenvalue weighted by Crippen LogP contribution is -2.37. The summed E-state index contributed by atoms with van der Waals surface area (Å²) in [6.07, 6.45) is -0.661. The normalized spacial score (nSPS) is 13.5. The summed E-state index contributed by atoms with van der Waals surface area (Å²) in [5, 5.41) is 41.9. The predicted octanol–water partition coefficient (Wildman–Crippen LogP) is 2.22. The predicted molar refractivity (Wildman–Crippen MR) is 90.5 cm³/mol. The Bertz CT molecular complexity index is 936. The molecule has 0 aliphatic carbocycles. The number of phenols is 2. The summed E-state index contributed by atoms with van der Waals surface area (Å²) in [5.41, 5.74) is 0.0285. The van der Waals surface area contributed by atoms with E-state index in [2.05, 4.69) is 4.98 Å². The maximum atomic E-state index is 11.3. The molecule has 1 aromatic heterocycles. The van der Waals surface area contributed by atoms with Gasteiger partial charge < -0.3 is 25.4 Å². The lowest BCUT2D eigenvalue weighted by Gasteiger charge is -2.25. The minimum absolute atomic E-state index is 0.0461. The Morgan fingerprint density at radius 1 is 1.21 bits per heavy atom. The Kier molecular flexibility index (Phi) is 3.74. The summed E-state index contributed by atoms with van der Waals surface area (Å²) < 4.78 is 0. The Morgan fingerprint density at radius 3 is 2.54 bits per heavy atom. The van der Waals surface area contributed by atoms with Crippen molar-refractivity contribution in [3.63, 3.8) is 0 Å². The molecular formula is C18H19NO5. The minimum Gasteiger partial charge on any atom is -0.507 e. The summed E-state index contributed by atoms with van der Waals surface area (Å²) in [4.78, 5) is 14.3. The first kappa shape index (κ1) is 16.3. The summed E-state index contributed by atoms with van der Waals surface area (Å²) in [6.45, 7) is 2.93. The van der Waals surface area contributed by atoms with Crippen LogP contribution in [0.1, 0.15) is 29.8 Å². The van der Waals surface area contributed by atoms with Crippen molar-refractivity contribution in [2.45, 2.75) is 32.0 Å². The minimum atomic E-state index is -1.37. The van der Waals surface area contributed by atoms with Gasteiger partial charge in [-0.3, -0.25) is 4.79 Å². The summed E-state index contributed by atoms with van der Waals surface area (Å²) in [7, 11) is 0. The van der Waals surface area contributed by atoms with Crippen LogP contribution >= 0.6 is 0 Å². The Morgan fingerprint density at radius 2 is 1.92 bits per heavy atom. The molecule has 0 saturated carbocycles. The van der Waals surface area contributed by atoms with Crippen molar-refractivity contribution in [1.82, 2.24) is 4.98 Å². The molecular weight excluding hydrogens is 310 g/mol. The van der Waals surface area contributed by atoms with Gasteiger partial charge >= 0.3 is 0 Å². The number of rotatable bonds is 4. The van der Waals surface area contributed by atoms with Crippen molar-refractivity contribution < 1.29 is 25.2 Å². The molecule has 126 valence electrons. The van der Waals surface area contributed by atoms with E-state index in [1.807, 2.05) is 0 Å². The highest BCUT2D eigenvalue weighted by molar-refractivity contribution is 6.12. The molecule has 0 unspecified atom stereocenters. The quantitative estimate of drug-likeness (QED) is 0.471. The molecule has 3 rings (SSSR count). The van der Waals surface area contributed by atoms with E-state index in [1.54, 1.807) is 12.1 Å². The summed E-state index contributed by atoms with van der Waals surface area (Å²) in [5.74, 6) is -0.198. The number of para-hydroxylation sites is 1. The molecule has 2 aromatic carbocycles. The van der Waals surface area contributed by atoms with Crippen LogP contribution in [-0.4, -0.2) is 43.4 Å². The standard InChI is InChI=1S/C18H19NO5/c1-18(2,24)14(22)7-12-15-11(6-9(8-20)17(12)23)10-4-3-5-13(21)16(10)19-15/h3-6,8,14,19,21-24H,7H2,1-2H3/t14-/m1/s1. The molecule has 24 heavy (non-hydrogen) atoms. The second-order valence-corrected chi connectivity index (χ2v) is 6.53. The number of fused-ring (bicyclic) bond motifs is 3. The highest BCUT2D eigenvalue weighted by Crippen LogP contribution is 2.38. The fourth-order valence-corrected chi connectivity index (χ4v) is 2.86. The first-order valence-corrected chi connectivity index (χ1v) is 7.58. The first-order chi connectivity index (χ1) is 11.2. The molecule has 3 aromatic rings. The summed E-state index contributed by atoms with van der Waals surface area (Å²) in [6, 6.07) is 6.54. The van der Waals surface area contributed by atoms with E-state index in [9.17, 15) is 25.2 Å². The van der Waals surface area contributed by atoms with Crippen LogP contribution in [0.5, 0.6) is 11.5 Å². The molecule has 0 saturated heterocycles. The number of carbonyl (C=O) groups is 1. The van der Waals surface area contributed by atoms with Crippen molar-refractivity contribution in [2.75, 3.05) is 0 Å². The van der Waals surface area contributed by atoms with Gasteiger partial charge in [-0.25, -0.2) is 0 Å². The van der Waals surface area contributed by atoms with Gasteiger partial charge in [-0.15, -0.1) is 0 Å². The fraction of sp³-hybridized carbons (Fsp3) is 0.278. The van der Waals surface area contributed by atoms with Crippen LogP contribution in [0.2, 0.25) is 0 Å². The van der Waals surface area contributed by atoms with Gasteiger partial charge in [0, 0.05) is 22.8 Å². The van der Waals surface area contributed by atoms with Gasteiger partial charge in [-0.2, -0.15) is 0 Å². The van der Waals surface area contributed by atoms with Gasteiger partial charge in [-0.05, 0) is 26.0 Å². The SMILES string of the molecule is CC(C)(O)[C@H](O)Cc1c(O)c(C=O)cc2c1[nH]c1c(O)cccc12. The van der Waals surface area contributed by atoms with Gasteiger partial charge in [0.05, 0.1) is 28.3 Å². The van der Waals surface area contributed by atoms with E-state index in [1.165, 1.54) is 26.0 Å². The monoisotopic (exact) mass is 329 g/mol. The van der Waals surface area contributed by atoms with Crippen LogP contribution in [-0.2, 0) is 6.42 Å². The Balaban J connectivity index is 2.33. The number of hydrogen-bond donors (Lipinski definition) is 5. The molecule has 0 radical (unpaired) electrons. The number of aromatic hydroxyl groups is 2. The van der Waals surface area contributed by atoms with Crippen LogP contribution < -0.4 is 0 Å². The third kappa shape index (κ3) is 2.50. The molecule has 0 amide bonds. The molecule has 0 aliphatic heterocycles. The molecule has 0 spiro atoms. The number of aromatic amines is 1. The molecule has 5 N–H and O–H groups in total. The lowest BCUT2D eigenvalue weighted by atomic mass is 9.92. The average Bonchev–Trinajstić information content (AvgIpc) is 2.88. The van der Waals surface area contributed by atoms with Gasteiger partial charge in [0.15, 0.2) is 6.29 Å². The van der Waals surface area contributed by atoms with E-state index in [0.717, 1.165) is 0 Å². The van der Waals surface area contributed by atoms with Crippen LogP contribution in [0.25, 0.3) is 21.8 Å². The largest absolute Gasteiger partial charge is 0.507 e. The van der Waals surface area contributed by atoms with Crippen LogP contribution in [0.3, 0.4) is 0 Å². The number of H-pyrrole nitrogens is 1. The molecule has 1 heterocycles. The van der Waals surface area contributed by atoms with Gasteiger partial charge in [-0.1, -0.05) is 12.1 Å². The Labute approximate surface area is 138 Å². The molecule has 0 bridgehead atoms. The van der Waals surface area contributed by atoms with E-state index >= 15 is 0 Å². The van der Waals surface area contributed by atoms with Gasteiger partial charge in [0.2, 0.25) is 0 Å². The number of benzene rings is 2. The van der Waals surface area contributed by atoms with Gasteiger partial charge in [0.1, 0.15) is 11.5 Å². The highest BCUT2D eigenvalue weighted by atomic mass is 16.3. The first-order valence-electron chi connectivity index (χ1n) is 7.58. The van der Waals surface area contributed by atoms with Crippen molar-refractivity contribution in [1.29, 1.82) is 0 Å². The smallest absolute Gasteiger partial charge is 0.153 e. The lowest BCUT2D eigenvalue weighted by molar-refractivity contribution is -0.0469. The average molecular weight is 329 g/mol. The van der Waals surface area contributed by atoms with Gasteiger partial charge in [0.25, 0.3) is 0 Å². The zero-order valence-corrected chi connectivity index (χ0v) is 13.4. The third-order valence-electron chi connectivity index (χ3n) is 4.35. The number of nitrogens with one attached hydrogen (secondary N) is 1. The van der Waals surface area contributed by atoms with Crippen molar-refractivity contribution in [3.8, 4) is 11.5 Å². The number of aromatic nitrogens is 1. The van der Waals surface area contributed by atoms with Crippen molar-refractivity contribution >= 4 is 28.1 Å². The molecule has 0 fully saturated rings. The maximum Gasteiger partial charge on any atom is 0.153 e. The summed E-state index contributed by atoms with van der Waals surface area (Å²) >= 11 is 0. The second kappa shape index (κ2) is 5.51. The number of aldehydes is 1. The van der Waals surface area contributed by atoms with Crippen LogP contribution in [0.4, 0.5) is 0 Å². The van der Waals surface area contributed by atoms with E-state index in [4.69, 9.17) is 0 Å². The van der Waals surface area contributed by atoms with Crippen molar-refractivity contribution in [2.24, 2.45) is 0 Å². The zero-order chi connectivity index (χ0) is 17.6. The number of phenolic OH excluding ortho intramolecular Hbond substituents is 2. The van der Waals surface area contributed by atoms with E-state index < -0.39 is 11.7 Å². The van der Waals surface area contributed by atoms with Crippen LogP contribution in [0, 0.1) is 0 Å². The van der Waals surface area contributed by atoms with Crippen molar-refractivity contribution in [3.05, 3.63) is 35.4 Å². The number of hydrogen-bond acceptors (Lipinski definition) is 5. The topological polar surface area (TPSA) is 114 Å². The number of carbonyl (C=O) groups excluding carboxylic acids is 1. The number of aliphatic hydroxyl groups is 2. The molecule has 6 nitrogen and oxygen atoms in total. The molecule has 0 aliphatic rings. The zero-order valence-electron chi connectivity index (χ0n) is 13.4. The number of aliphatic hydroxyl groups excluding tert-OH is 1. The highest BCUT2D eigenvalue weighted by Gasteiger charge is 2.28.